The van der Waals surface area contributed by atoms with Gasteiger partial charge in [-0.05, 0) is 17.7 Å². The lowest BCUT2D eigenvalue weighted by Gasteiger charge is -2.20. The normalized spacial score (nSPS) is 29.6. The van der Waals surface area contributed by atoms with Crippen LogP contribution in [0.3, 0.4) is 0 Å². The van der Waals surface area contributed by atoms with Crippen LogP contribution in [0.5, 0.6) is 0 Å². The molecule has 1 aromatic rings. The van der Waals surface area contributed by atoms with E-state index in [4.69, 9.17) is 10.5 Å². The van der Waals surface area contributed by atoms with Gasteiger partial charge in [-0.2, -0.15) is 0 Å². The lowest BCUT2D eigenvalue weighted by atomic mass is 9.91. The molecule has 0 spiro atoms. The minimum atomic E-state index is -0.0821. The van der Waals surface area contributed by atoms with Crippen molar-refractivity contribution < 1.29 is 4.74 Å². The topological polar surface area (TPSA) is 59.3 Å². The fourth-order valence-corrected chi connectivity index (χ4v) is 2.35. The molecule has 0 amide bonds. The van der Waals surface area contributed by atoms with E-state index in [9.17, 15) is 0 Å². The zero-order valence-electron chi connectivity index (χ0n) is 9.11. The SMILES string of the molecule is COCC1NNC(N)C1c1ccc(Br)cc1. The second-order valence-corrected chi connectivity index (χ2v) is 4.87. The molecule has 88 valence electrons. The number of methoxy groups -OCH3 is 1. The average molecular weight is 286 g/mol. The van der Waals surface area contributed by atoms with Crippen LogP contribution >= 0.6 is 15.9 Å². The van der Waals surface area contributed by atoms with E-state index in [1.807, 2.05) is 12.1 Å². The van der Waals surface area contributed by atoms with Crippen molar-refractivity contribution in [3.63, 3.8) is 0 Å². The highest BCUT2D eigenvalue weighted by molar-refractivity contribution is 9.10. The Morgan fingerprint density at radius 1 is 1.31 bits per heavy atom. The molecule has 1 saturated heterocycles. The van der Waals surface area contributed by atoms with Crippen molar-refractivity contribution in [2.45, 2.75) is 18.1 Å². The Labute approximate surface area is 104 Å². The van der Waals surface area contributed by atoms with Crippen LogP contribution in [0.25, 0.3) is 0 Å². The highest BCUT2D eigenvalue weighted by Gasteiger charge is 2.34. The minimum absolute atomic E-state index is 0.0821. The predicted octanol–water partition coefficient (Wildman–Crippen LogP) is 0.940. The fraction of sp³-hybridized carbons (Fsp3) is 0.455. The lowest BCUT2D eigenvalue weighted by Crippen LogP contribution is -2.38. The van der Waals surface area contributed by atoms with E-state index in [1.165, 1.54) is 5.56 Å². The summed E-state index contributed by atoms with van der Waals surface area (Å²) in [6.45, 7) is 0.640. The van der Waals surface area contributed by atoms with Crippen molar-refractivity contribution in [1.29, 1.82) is 0 Å². The molecule has 0 saturated carbocycles. The van der Waals surface area contributed by atoms with E-state index in [0.717, 1.165) is 4.47 Å². The van der Waals surface area contributed by atoms with Gasteiger partial charge in [0.2, 0.25) is 0 Å². The Morgan fingerprint density at radius 3 is 2.62 bits per heavy atom. The van der Waals surface area contributed by atoms with Gasteiger partial charge in [0.05, 0.1) is 18.8 Å². The average Bonchev–Trinajstić information content (AvgIpc) is 2.62. The van der Waals surface area contributed by atoms with Crippen LogP contribution in [0.1, 0.15) is 11.5 Å². The molecule has 3 atom stereocenters. The molecule has 5 heteroatoms. The van der Waals surface area contributed by atoms with Crippen LogP contribution in [-0.4, -0.2) is 25.9 Å². The third-order valence-corrected chi connectivity index (χ3v) is 3.39. The summed E-state index contributed by atoms with van der Waals surface area (Å²) in [6, 6.07) is 8.45. The van der Waals surface area contributed by atoms with Gasteiger partial charge < -0.3 is 10.5 Å². The molecular formula is C11H16BrN3O. The number of hydrazine groups is 1. The Balaban J connectivity index is 2.19. The van der Waals surface area contributed by atoms with Gasteiger partial charge in [-0.3, -0.25) is 5.43 Å². The summed E-state index contributed by atoms with van der Waals surface area (Å²) < 4.78 is 6.26. The Bertz CT molecular complexity index is 342. The molecular weight excluding hydrogens is 270 g/mol. The molecule has 0 aliphatic carbocycles. The van der Waals surface area contributed by atoms with Gasteiger partial charge in [0.1, 0.15) is 0 Å². The highest BCUT2D eigenvalue weighted by Crippen LogP contribution is 2.26. The lowest BCUT2D eigenvalue weighted by molar-refractivity contribution is 0.165. The van der Waals surface area contributed by atoms with E-state index in [2.05, 4.69) is 38.9 Å². The van der Waals surface area contributed by atoms with Gasteiger partial charge in [0.15, 0.2) is 0 Å². The highest BCUT2D eigenvalue weighted by atomic mass is 79.9. The minimum Gasteiger partial charge on any atom is -0.383 e. The number of ether oxygens (including phenoxy) is 1. The van der Waals surface area contributed by atoms with Gasteiger partial charge in [0, 0.05) is 17.5 Å². The van der Waals surface area contributed by atoms with Crippen LogP contribution in [0.4, 0.5) is 0 Å². The van der Waals surface area contributed by atoms with Crippen molar-refractivity contribution in [3.8, 4) is 0 Å². The van der Waals surface area contributed by atoms with Crippen LogP contribution in [0.2, 0.25) is 0 Å². The first-order chi connectivity index (χ1) is 7.72. The molecule has 4 N–H and O–H groups in total. The van der Waals surface area contributed by atoms with E-state index in [-0.39, 0.29) is 18.1 Å². The summed E-state index contributed by atoms with van der Waals surface area (Å²) in [7, 11) is 1.70. The standard InChI is InChI=1S/C11H16BrN3O/c1-16-6-9-10(11(13)15-14-9)7-2-4-8(12)5-3-7/h2-5,9-11,14-15H,6,13H2,1H3. The summed E-state index contributed by atoms with van der Waals surface area (Å²) in [5, 5.41) is 0. The summed E-state index contributed by atoms with van der Waals surface area (Å²) in [6.07, 6.45) is -0.0821. The first-order valence-corrected chi connectivity index (χ1v) is 6.02. The largest absolute Gasteiger partial charge is 0.383 e. The summed E-state index contributed by atoms with van der Waals surface area (Å²) in [5.41, 5.74) is 13.5. The van der Waals surface area contributed by atoms with Gasteiger partial charge >= 0.3 is 0 Å². The summed E-state index contributed by atoms with van der Waals surface area (Å²) >= 11 is 3.43. The maximum Gasteiger partial charge on any atom is 0.0765 e. The van der Waals surface area contributed by atoms with Crippen molar-refractivity contribution >= 4 is 15.9 Å². The smallest absolute Gasteiger partial charge is 0.0765 e. The van der Waals surface area contributed by atoms with Crippen LogP contribution in [0, 0.1) is 0 Å². The third kappa shape index (κ3) is 2.44. The predicted molar refractivity (Wildman–Crippen MR) is 66.8 cm³/mol. The van der Waals surface area contributed by atoms with Crippen LogP contribution < -0.4 is 16.6 Å². The maximum absolute atomic E-state index is 6.03. The molecule has 2 rings (SSSR count). The van der Waals surface area contributed by atoms with Gasteiger partial charge in [-0.25, -0.2) is 5.43 Å². The second-order valence-electron chi connectivity index (χ2n) is 3.95. The fourth-order valence-electron chi connectivity index (χ4n) is 2.08. The maximum atomic E-state index is 6.03. The Kier molecular flexibility index (Phi) is 3.94. The van der Waals surface area contributed by atoms with Crippen LogP contribution in [-0.2, 0) is 4.74 Å². The molecule has 1 fully saturated rings. The number of nitrogens with two attached hydrogens (primary N) is 1. The first-order valence-electron chi connectivity index (χ1n) is 5.23. The molecule has 16 heavy (non-hydrogen) atoms. The Hall–Kier alpha value is -0.460. The van der Waals surface area contributed by atoms with Gasteiger partial charge in [-0.15, -0.1) is 0 Å². The second kappa shape index (κ2) is 5.25. The molecule has 0 radical (unpaired) electrons. The molecule has 1 heterocycles. The van der Waals surface area contributed by atoms with Gasteiger partial charge in [0.25, 0.3) is 0 Å². The van der Waals surface area contributed by atoms with Crippen molar-refractivity contribution in [2.24, 2.45) is 5.73 Å². The monoisotopic (exact) mass is 285 g/mol. The Morgan fingerprint density at radius 2 is 2.00 bits per heavy atom. The molecule has 4 nitrogen and oxygen atoms in total. The zero-order valence-corrected chi connectivity index (χ0v) is 10.7. The molecule has 3 unspecified atom stereocenters. The summed E-state index contributed by atoms with van der Waals surface area (Å²) in [4.78, 5) is 0. The van der Waals surface area contributed by atoms with E-state index in [1.54, 1.807) is 7.11 Å². The molecule has 1 aliphatic rings. The molecule has 1 aromatic carbocycles. The number of benzene rings is 1. The van der Waals surface area contributed by atoms with Crippen molar-refractivity contribution in [3.05, 3.63) is 34.3 Å². The first kappa shape index (κ1) is 12.0. The quantitative estimate of drug-likeness (QED) is 0.774. The van der Waals surface area contributed by atoms with E-state index >= 15 is 0 Å². The molecule has 0 aromatic heterocycles. The summed E-state index contributed by atoms with van der Waals surface area (Å²) in [5.74, 6) is 0.230. The number of hydrogen-bond donors (Lipinski definition) is 3. The van der Waals surface area contributed by atoms with Crippen molar-refractivity contribution in [1.82, 2.24) is 10.9 Å². The molecule has 0 bridgehead atoms. The molecule has 1 aliphatic heterocycles. The number of nitrogens with one attached hydrogen (secondary N) is 2. The van der Waals surface area contributed by atoms with E-state index < -0.39 is 0 Å². The number of halogens is 1. The zero-order chi connectivity index (χ0) is 11.5. The number of hydrogen-bond acceptors (Lipinski definition) is 4. The van der Waals surface area contributed by atoms with Crippen molar-refractivity contribution in [2.75, 3.05) is 13.7 Å². The van der Waals surface area contributed by atoms with Gasteiger partial charge in [-0.1, -0.05) is 28.1 Å². The van der Waals surface area contributed by atoms with E-state index in [0.29, 0.717) is 6.61 Å². The third-order valence-electron chi connectivity index (χ3n) is 2.86. The number of rotatable bonds is 3. The van der Waals surface area contributed by atoms with Crippen LogP contribution in [0.15, 0.2) is 28.7 Å².